The molecule has 0 aliphatic carbocycles. The van der Waals surface area contributed by atoms with Crippen molar-refractivity contribution in [3.05, 3.63) is 72.0 Å². The minimum atomic E-state index is -0.193. The number of carbonyl (C=O) groups excluding carboxylic acids is 1. The summed E-state index contributed by atoms with van der Waals surface area (Å²) >= 11 is 0. The van der Waals surface area contributed by atoms with Crippen LogP contribution < -0.4 is 4.74 Å². The van der Waals surface area contributed by atoms with Crippen molar-refractivity contribution in [2.24, 2.45) is 0 Å². The van der Waals surface area contributed by atoms with Gasteiger partial charge < -0.3 is 9.47 Å². The van der Waals surface area contributed by atoms with Crippen LogP contribution in [0.3, 0.4) is 0 Å². The number of allylic oxidation sites excluding steroid dienone is 1. The van der Waals surface area contributed by atoms with Crippen molar-refractivity contribution in [3.8, 4) is 5.75 Å². The highest BCUT2D eigenvalue weighted by molar-refractivity contribution is 5.83. The smallest absolute Gasteiger partial charge is 0.311 e. The Bertz CT molecular complexity index is 657. The number of rotatable bonds is 3. The van der Waals surface area contributed by atoms with Crippen molar-refractivity contribution in [1.29, 1.82) is 0 Å². The summed E-state index contributed by atoms with van der Waals surface area (Å²) in [5.41, 5.74) is 3.18. The van der Waals surface area contributed by atoms with E-state index in [1.165, 1.54) is 0 Å². The zero-order valence-corrected chi connectivity index (χ0v) is 11.8. The first-order valence-corrected chi connectivity index (χ1v) is 6.87. The Morgan fingerprint density at radius 3 is 2.43 bits per heavy atom. The van der Waals surface area contributed by atoms with Crippen LogP contribution in [0.15, 0.2) is 60.9 Å². The summed E-state index contributed by atoms with van der Waals surface area (Å²) in [6, 6.07) is 17.8. The molecule has 0 aromatic heterocycles. The lowest BCUT2D eigenvalue weighted by atomic mass is 9.84. The minimum absolute atomic E-state index is 0.0286. The molecular formula is C18H16O3. The second kappa shape index (κ2) is 5.83. The highest BCUT2D eigenvalue weighted by atomic mass is 16.5. The van der Waals surface area contributed by atoms with Crippen LogP contribution >= 0.6 is 0 Å². The van der Waals surface area contributed by atoms with Gasteiger partial charge in [0.1, 0.15) is 5.75 Å². The molecule has 0 saturated heterocycles. The van der Waals surface area contributed by atoms with Gasteiger partial charge in [0, 0.05) is 11.5 Å². The topological polar surface area (TPSA) is 35.5 Å². The van der Waals surface area contributed by atoms with E-state index in [9.17, 15) is 4.79 Å². The molecule has 2 aromatic rings. The van der Waals surface area contributed by atoms with Gasteiger partial charge >= 0.3 is 5.97 Å². The summed E-state index contributed by atoms with van der Waals surface area (Å²) < 4.78 is 10.3. The standard InChI is InChI=1S/C18H16O3/c1-20-15-9-7-14(8-10-15)17-12-21-18(19)11-16(17)13-5-3-2-4-6-13/h2-10,12,16H,11H2,1H3/t16-/m0/s1. The van der Waals surface area contributed by atoms with Crippen LogP contribution in [0, 0.1) is 0 Å². The van der Waals surface area contributed by atoms with Gasteiger partial charge in [-0.3, -0.25) is 4.79 Å². The van der Waals surface area contributed by atoms with Gasteiger partial charge in [-0.2, -0.15) is 0 Å². The average molecular weight is 280 g/mol. The summed E-state index contributed by atoms with van der Waals surface area (Å²) in [5, 5.41) is 0. The summed E-state index contributed by atoms with van der Waals surface area (Å²) in [6.45, 7) is 0. The second-order valence-electron chi connectivity index (χ2n) is 4.96. The highest BCUT2D eigenvalue weighted by Crippen LogP contribution is 2.38. The number of cyclic esters (lactones) is 1. The molecule has 21 heavy (non-hydrogen) atoms. The Morgan fingerprint density at radius 2 is 1.76 bits per heavy atom. The minimum Gasteiger partial charge on any atom is -0.497 e. The van der Waals surface area contributed by atoms with Gasteiger partial charge in [-0.15, -0.1) is 0 Å². The lowest BCUT2D eigenvalue weighted by Gasteiger charge is -2.24. The van der Waals surface area contributed by atoms with Crippen LogP contribution in [-0.4, -0.2) is 13.1 Å². The average Bonchev–Trinajstić information content (AvgIpc) is 2.56. The Morgan fingerprint density at radius 1 is 1.05 bits per heavy atom. The molecule has 3 rings (SSSR count). The monoisotopic (exact) mass is 280 g/mol. The van der Waals surface area contributed by atoms with Gasteiger partial charge in [0.2, 0.25) is 0 Å². The molecule has 0 N–H and O–H groups in total. The maximum absolute atomic E-state index is 11.6. The predicted octanol–water partition coefficient (Wildman–Crippen LogP) is 3.77. The molecule has 1 aliphatic rings. The largest absolute Gasteiger partial charge is 0.497 e. The van der Waals surface area contributed by atoms with E-state index >= 15 is 0 Å². The highest BCUT2D eigenvalue weighted by Gasteiger charge is 2.26. The molecule has 2 aromatic carbocycles. The number of benzene rings is 2. The maximum atomic E-state index is 11.6. The molecule has 3 heteroatoms. The molecular weight excluding hydrogens is 264 g/mol. The lowest BCUT2D eigenvalue weighted by Crippen LogP contribution is -2.15. The molecule has 106 valence electrons. The summed E-state index contributed by atoms with van der Waals surface area (Å²) in [6.07, 6.45) is 1.94. The van der Waals surface area contributed by atoms with Crippen molar-refractivity contribution in [1.82, 2.24) is 0 Å². The van der Waals surface area contributed by atoms with Crippen LogP contribution in [-0.2, 0) is 9.53 Å². The molecule has 0 bridgehead atoms. The lowest BCUT2D eigenvalue weighted by molar-refractivity contribution is -0.138. The van der Waals surface area contributed by atoms with Gasteiger partial charge in [-0.25, -0.2) is 0 Å². The van der Waals surface area contributed by atoms with Crippen LogP contribution in [0.5, 0.6) is 5.75 Å². The Hall–Kier alpha value is -2.55. The zero-order chi connectivity index (χ0) is 14.7. The molecule has 0 fully saturated rings. The first kappa shape index (κ1) is 13.4. The van der Waals surface area contributed by atoms with Crippen molar-refractivity contribution in [3.63, 3.8) is 0 Å². The van der Waals surface area contributed by atoms with Crippen LogP contribution in [0.2, 0.25) is 0 Å². The van der Waals surface area contributed by atoms with Crippen molar-refractivity contribution < 1.29 is 14.3 Å². The summed E-state index contributed by atoms with van der Waals surface area (Å²) in [4.78, 5) is 11.6. The zero-order valence-electron chi connectivity index (χ0n) is 11.8. The number of carbonyl (C=O) groups is 1. The summed E-state index contributed by atoms with van der Waals surface area (Å²) in [7, 11) is 1.64. The van der Waals surface area contributed by atoms with Crippen molar-refractivity contribution in [2.45, 2.75) is 12.3 Å². The number of hydrogen-bond donors (Lipinski definition) is 0. The Labute approximate surface area is 123 Å². The van der Waals surface area contributed by atoms with E-state index in [1.807, 2.05) is 54.6 Å². The van der Waals surface area contributed by atoms with E-state index in [0.29, 0.717) is 6.42 Å². The number of hydrogen-bond acceptors (Lipinski definition) is 3. The van der Waals surface area contributed by atoms with Crippen LogP contribution in [0.1, 0.15) is 23.5 Å². The normalized spacial score (nSPS) is 17.9. The molecule has 0 unspecified atom stereocenters. The van der Waals surface area contributed by atoms with Crippen LogP contribution in [0.4, 0.5) is 0 Å². The van der Waals surface area contributed by atoms with E-state index < -0.39 is 0 Å². The predicted molar refractivity (Wildman–Crippen MR) is 80.9 cm³/mol. The number of ether oxygens (including phenoxy) is 2. The molecule has 0 radical (unpaired) electrons. The van der Waals surface area contributed by atoms with E-state index in [0.717, 1.165) is 22.4 Å². The first-order chi connectivity index (χ1) is 10.3. The first-order valence-electron chi connectivity index (χ1n) is 6.87. The molecule has 0 spiro atoms. The number of esters is 1. The second-order valence-corrected chi connectivity index (χ2v) is 4.96. The maximum Gasteiger partial charge on any atom is 0.311 e. The fourth-order valence-corrected chi connectivity index (χ4v) is 2.57. The van der Waals surface area contributed by atoms with Gasteiger partial charge in [-0.05, 0) is 23.3 Å². The Kier molecular flexibility index (Phi) is 3.73. The molecule has 0 saturated carbocycles. The molecule has 3 nitrogen and oxygen atoms in total. The van der Waals surface area contributed by atoms with Crippen molar-refractivity contribution >= 4 is 11.5 Å². The third kappa shape index (κ3) is 2.82. The number of methoxy groups -OCH3 is 1. The van der Waals surface area contributed by atoms with E-state index in [2.05, 4.69) is 0 Å². The van der Waals surface area contributed by atoms with Gasteiger partial charge in [0.25, 0.3) is 0 Å². The van der Waals surface area contributed by atoms with E-state index in [1.54, 1.807) is 13.4 Å². The quantitative estimate of drug-likeness (QED) is 0.803. The fourth-order valence-electron chi connectivity index (χ4n) is 2.57. The SMILES string of the molecule is COc1ccc(C2=COC(=O)C[C@H]2c2ccccc2)cc1. The third-order valence-electron chi connectivity index (χ3n) is 3.69. The molecule has 1 aliphatic heterocycles. The van der Waals surface area contributed by atoms with E-state index in [4.69, 9.17) is 9.47 Å². The van der Waals surface area contributed by atoms with E-state index in [-0.39, 0.29) is 11.9 Å². The Balaban J connectivity index is 1.98. The molecule has 1 atom stereocenters. The van der Waals surface area contributed by atoms with Gasteiger partial charge in [0.05, 0.1) is 19.8 Å². The fraction of sp³-hybridized carbons (Fsp3) is 0.167. The van der Waals surface area contributed by atoms with Gasteiger partial charge in [-0.1, -0.05) is 42.5 Å². The molecule has 0 amide bonds. The third-order valence-corrected chi connectivity index (χ3v) is 3.69. The van der Waals surface area contributed by atoms with Crippen molar-refractivity contribution in [2.75, 3.05) is 7.11 Å². The van der Waals surface area contributed by atoms with Crippen LogP contribution in [0.25, 0.3) is 5.57 Å². The molecule has 1 heterocycles. The van der Waals surface area contributed by atoms with Gasteiger partial charge in [0.15, 0.2) is 0 Å². The summed E-state index contributed by atoms with van der Waals surface area (Å²) in [5.74, 6) is 0.644.